The van der Waals surface area contributed by atoms with Gasteiger partial charge < -0.3 is 5.32 Å². The highest BCUT2D eigenvalue weighted by atomic mass is 35.5. The Morgan fingerprint density at radius 1 is 1.32 bits per heavy atom. The van der Waals surface area contributed by atoms with E-state index in [1.165, 1.54) is 30.0 Å². The smallest absolute Gasteiger partial charge is 0.271 e. The largest absolute Gasteiger partial charge is 0.325 e. The average molecular weight is 461 g/mol. The quantitative estimate of drug-likeness (QED) is 0.466. The molecule has 2 aromatic rings. The number of nitrogens with one attached hydrogen (secondary N) is 1. The summed E-state index contributed by atoms with van der Waals surface area (Å²) in [6.45, 7) is 4.41. The summed E-state index contributed by atoms with van der Waals surface area (Å²) in [6, 6.07) is 11.4. The molecule has 1 aliphatic heterocycles. The second kappa shape index (κ2) is 9.93. The number of nitro benzene ring substituents is 1. The van der Waals surface area contributed by atoms with Crippen LogP contribution in [0.15, 0.2) is 47.5 Å². The molecule has 1 heterocycles. The predicted molar refractivity (Wildman–Crippen MR) is 123 cm³/mol. The number of amidine groups is 1. The SMILES string of the molecule is CCCN1C(=O)C(CC(=O)Nc2cc([N+](=O)[O-])ccc2Cl)SC1=Nc1ccccc1C. The molecule has 1 unspecified atom stereocenters. The van der Waals surface area contributed by atoms with E-state index in [0.717, 1.165) is 17.7 Å². The van der Waals surface area contributed by atoms with E-state index in [-0.39, 0.29) is 28.7 Å². The van der Waals surface area contributed by atoms with E-state index in [1.807, 2.05) is 38.1 Å². The van der Waals surface area contributed by atoms with Crippen LogP contribution in [0.4, 0.5) is 17.1 Å². The number of carbonyl (C=O) groups excluding carboxylic acids is 2. The highest BCUT2D eigenvalue weighted by molar-refractivity contribution is 8.15. The number of amides is 2. The van der Waals surface area contributed by atoms with Crippen molar-refractivity contribution in [2.75, 3.05) is 11.9 Å². The van der Waals surface area contributed by atoms with E-state index < -0.39 is 16.1 Å². The average Bonchev–Trinajstić information content (AvgIpc) is 3.00. The molecular formula is C21H21ClN4O4S. The van der Waals surface area contributed by atoms with Crippen molar-refractivity contribution in [1.82, 2.24) is 4.90 Å². The van der Waals surface area contributed by atoms with Crippen LogP contribution in [0.5, 0.6) is 0 Å². The number of hydrogen-bond acceptors (Lipinski definition) is 6. The van der Waals surface area contributed by atoms with Crippen LogP contribution in [-0.4, -0.2) is 38.6 Å². The standard InChI is InChI=1S/C21H21ClN4O4S/c1-3-10-25-20(28)18(31-21(25)24-16-7-5-4-6-13(16)2)12-19(27)23-17-11-14(26(29)30)8-9-15(17)22/h4-9,11,18H,3,10,12H2,1-2H3,(H,23,27). The van der Waals surface area contributed by atoms with Gasteiger partial charge in [0.25, 0.3) is 5.69 Å². The Bertz CT molecular complexity index is 1060. The first-order chi connectivity index (χ1) is 14.8. The lowest BCUT2D eigenvalue weighted by Gasteiger charge is -2.15. The molecule has 1 saturated heterocycles. The summed E-state index contributed by atoms with van der Waals surface area (Å²) < 4.78 is 0. The van der Waals surface area contributed by atoms with Crippen molar-refractivity contribution in [2.45, 2.75) is 31.9 Å². The van der Waals surface area contributed by atoms with Gasteiger partial charge in [-0.3, -0.25) is 24.6 Å². The van der Waals surface area contributed by atoms with Crippen LogP contribution in [0.1, 0.15) is 25.3 Å². The maximum absolute atomic E-state index is 12.9. The molecule has 0 spiro atoms. The molecule has 3 rings (SSSR count). The molecule has 1 atom stereocenters. The normalized spacial score (nSPS) is 17.3. The number of aryl methyl sites for hydroxylation is 1. The molecule has 1 aliphatic rings. The topological polar surface area (TPSA) is 105 Å². The minimum atomic E-state index is -0.633. The zero-order chi connectivity index (χ0) is 22.5. The van der Waals surface area contributed by atoms with Crippen LogP contribution in [0.2, 0.25) is 5.02 Å². The van der Waals surface area contributed by atoms with E-state index in [4.69, 9.17) is 11.6 Å². The lowest BCUT2D eigenvalue weighted by Crippen LogP contribution is -2.34. The minimum absolute atomic E-state index is 0.102. The Morgan fingerprint density at radius 3 is 2.74 bits per heavy atom. The zero-order valence-corrected chi connectivity index (χ0v) is 18.6. The molecular weight excluding hydrogens is 440 g/mol. The van der Waals surface area contributed by atoms with Gasteiger partial charge in [-0.05, 0) is 31.0 Å². The van der Waals surface area contributed by atoms with Crippen LogP contribution in [0.25, 0.3) is 0 Å². The fraction of sp³-hybridized carbons (Fsp3) is 0.286. The third-order valence-electron chi connectivity index (χ3n) is 4.60. The number of non-ortho nitro benzene ring substituents is 1. The molecule has 1 N–H and O–H groups in total. The van der Waals surface area contributed by atoms with Crippen LogP contribution < -0.4 is 5.32 Å². The number of para-hydroxylation sites is 1. The lowest BCUT2D eigenvalue weighted by atomic mass is 10.2. The van der Waals surface area contributed by atoms with Gasteiger partial charge in [-0.2, -0.15) is 0 Å². The van der Waals surface area contributed by atoms with Gasteiger partial charge in [0.15, 0.2) is 5.17 Å². The second-order valence-electron chi connectivity index (χ2n) is 6.95. The van der Waals surface area contributed by atoms with Crippen molar-refractivity contribution in [2.24, 2.45) is 4.99 Å². The molecule has 31 heavy (non-hydrogen) atoms. The number of rotatable bonds is 7. The van der Waals surface area contributed by atoms with E-state index in [2.05, 4.69) is 10.3 Å². The van der Waals surface area contributed by atoms with Gasteiger partial charge in [-0.15, -0.1) is 0 Å². The van der Waals surface area contributed by atoms with Crippen LogP contribution in [-0.2, 0) is 9.59 Å². The maximum Gasteiger partial charge on any atom is 0.271 e. The number of nitrogens with zero attached hydrogens (tertiary/aromatic N) is 3. The number of nitro groups is 1. The molecule has 0 aromatic heterocycles. The Kier molecular flexibility index (Phi) is 7.29. The van der Waals surface area contributed by atoms with E-state index in [0.29, 0.717) is 11.7 Å². The first kappa shape index (κ1) is 22.8. The zero-order valence-electron chi connectivity index (χ0n) is 17.0. The van der Waals surface area contributed by atoms with Crippen molar-refractivity contribution < 1.29 is 14.5 Å². The molecule has 0 bridgehead atoms. The van der Waals surface area contributed by atoms with Gasteiger partial charge in [0, 0.05) is 25.1 Å². The molecule has 162 valence electrons. The van der Waals surface area contributed by atoms with Crippen molar-refractivity contribution in [3.8, 4) is 0 Å². The van der Waals surface area contributed by atoms with Crippen LogP contribution >= 0.6 is 23.4 Å². The van der Waals surface area contributed by atoms with Crippen molar-refractivity contribution >= 4 is 57.4 Å². The highest BCUT2D eigenvalue weighted by Crippen LogP contribution is 2.33. The summed E-state index contributed by atoms with van der Waals surface area (Å²) in [7, 11) is 0. The van der Waals surface area contributed by atoms with Gasteiger partial charge >= 0.3 is 0 Å². The Hall–Kier alpha value is -2.91. The number of aliphatic imine (C=N–C) groups is 1. The third-order valence-corrected chi connectivity index (χ3v) is 6.11. The number of thioether (sulfide) groups is 1. The molecule has 0 aliphatic carbocycles. The van der Waals surface area contributed by atoms with Crippen molar-refractivity contribution in [1.29, 1.82) is 0 Å². The van der Waals surface area contributed by atoms with Gasteiger partial charge in [-0.25, -0.2) is 4.99 Å². The molecule has 0 saturated carbocycles. The molecule has 10 heteroatoms. The van der Waals surface area contributed by atoms with Gasteiger partial charge in [0.1, 0.15) is 5.25 Å². The van der Waals surface area contributed by atoms with Crippen molar-refractivity contribution in [3.63, 3.8) is 0 Å². The first-order valence-electron chi connectivity index (χ1n) is 9.66. The summed E-state index contributed by atoms with van der Waals surface area (Å²) in [6.07, 6.45) is 0.650. The number of benzene rings is 2. The van der Waals surface area contributed by atoms with Crippen molar-refractivity contribution in [3.05, 3.63) is 63.2 Å². The third kappa shape index (κ3) is 5.42. The molecule has 2 aromatic carbocycles. The lowest BCUT2D eigenvalue weighted by molar-refractivity contribution is -0.384. The van der Waals surface area contributed by atoms with Crippen LogP contribution in [0, 0.1) is 17.0 Å². The number of hydrogen-bond donors (Lipinski definition) is 1. The molecule has 1 fully saturated rings. The molecule has 8 nitrogen and oxygen atoms in total. The first-order valence-corrected chi connectivity index (χ1v) is 10.9. The monoisotopic (exact) mass is 460 g/mol. The summed E-state index contributed by atoms with van der Waals surface area (Å²) in [5, 5.41) is 13.6. The Labute approximate surface area is 188 Å². The number of anilines is 1. The van der Waals surface area contributed by atoms with E-state index in [9.17, 15) is 19.7 Å². The highest BCUT2D eigenvalue weighted by Gasteiger charge is 2.38. The maximum atomic E-state index is 12.9. The fourth-order valence-corrected chi connectivity index (χ4v) is 4.38. The fourth-order valence-electron chi connectivity index (χ4n) is 3.04. The predicted octanol–water partition coefficient (Wildman–Crippen LogP) is 4.93. The van der Waals surface area contributed by atoms with Gasteiger partial charge in [-0.1, -0.05) is 48.5 Å². The van der Waals surface area contributed by atoms with Gasteiger partial charge in [0.2, 0.25) is 11.8 Å². The molecule has 2 amide bonds. The van der Waals surface area contributed by atoms with Crippen LogP contribution in [0.3, 0.4) is 0 Å². The number of carbonyl (C=O) groups is 2. The number of halogens is 1. The summed E-state index contributed by atoms with van der Waals surface area (Å²) in [5.74, 6) is -0.638. The summed E-state index contributed by atoms with van der Waals surface area (Å²) in [5.41, 5.74) is 1.71. The second-order valence-corrected chi connectivity index (χ2v) is 8.53. The van der Waals surface area contributed by atoms with Gasteiger partial charge in [0.05, 0.1) is 21.3 Å². The van der Waals surface area contributed by atoms with E-state index >= 15 is 0 Å². The summed E-state index contributed by atoms with van der Waals surface area (Å²) >= 11 is 7.29. The molecule has 0 radical (unpaired) electrons. The van der Waals surface area contributed by atoms with E-state index in [1.54, 1.807) is 4.90 Å². The minimum Gasteiger partial charge on any atom is -0.325 e. The summed E-state index contributed by atoms with van der Waals surface area (Å²) in [4.78, 5) is 42.1. The Morgan fingerprint density at radius 2 is 2.06 bits per heavy atom. The Balaban J connectivity index is 1.76.